The van der Waals surface area contributed by atoms with E-state index in [9.17, 15) is 9.59 Å². The first-order chi connectivity index (χ1) is 16.7. The number of aryl methyl sites for hydroxylation is 1. The first-order valence-corrected chi connectivity index (χ1v) is 12.0. The number of rotatable bonds is 11. The summed E-state index contributed by atoms with van der Waals surface area (Å²) in [5.74, 6) is 0.712. The molecule has 2 aromatic rings. The molecule has 1 unspecified atom stereocenters. The summed E-state index contributed by atoms with van der Waals surface area (Å²) in [6, 6.07) is 15.8. The SMILES string of the molecule is C/C(C(=O)N(C)CCCO)=C(\NC(C)Oc1cccc(Cl)c1C)N(C)C=O.CCc1ccccc1. The van der Waals surface area contributed by atoms with E-state index in [1.165, 1.54) is 15.4 Å². The number of hydrogen-bond donors (Lipinski definition) is 2. The Morgan fingerprint density at radius 3 is 2.37 bits per heavy atom. The van der Waals surface area contributed by atoms with Crippen molar-refractivity contribution in [3.8, 4) is 5.75 Å². The molecule has 8 heteroatoms. The van der Waals surface area contributed by atoms with Crippen LogP contribution in [-0.2, 0) is 16.0 Å². The fraction of sp³-hybridized carbons (Fsp3) is 0.407. The lowest BCUT2D eigenvalue weighted by Crippen LogP contribution is -2.40. The first-order valence-electron chi connectivity index (χ1n) is 11.6. The van der Waals surface area contributed by atoms with Crippen LogP contribution < -0.4 is 10.1 Å². The number of likely N-dealkylation sites (N-methyl/N-ethyl adjacent to an activating group) is 1. The topological polar surface area (TPSA) is 82.1 Å². The molecule has 0 aliphatic rings. The summed E-state index contributed by atoms with van der Waals surface area (Å²) in [6.07, 6.45) is 1.71. The Labute approximate surface area is 214 Å². The Hall–Kier alpha value is -3.03. The highest BCUT2D eigenvalue weighted by molar-refractivity contribution is 6.31. The summed E-state index contributed by atoms with van der Waals surface area (Å²) >= 11 is 6.11. The minimum Gasteiger partial charge on any atom is -0.471 e. The van der Waals surface area contributed by atoms with Crippen LogP contribution in [0.3, 0.4) is 0 Å². The number of amides is 2. The quantitative estimate of drug-likeness (QED) is 0.270. The van der Waals surface area contributed by atoms with E-state index in [-0.39, 0.29) is 12.5 Å². The molecule has 0 saturated carbocycles. The van der Waals surface area contributed by atoms with Crippen LogP contribution in [0.5, 0.6) is 5.75 Å². The molecule has 2 N–H and O–H groups in total. The van der Waals surface area contributed by atoms with Crippen LogP contribution in [0, 0.1) is 6.92 Å². The molecule has 2 amide bonds. The average molecular weight is 504 g/mol. The van der Waals surface area contributed by atoms with Crippen molar-refractivity contribution >= 4 is 23.9 Å². The van der Waals surface area contributed by atoms with Gasteiger partial charge in [0.05, 0.1) is 5.57 Å². The number of carbonyl (C=O) groups is 2. The lowest BCUT2D eigenvalue weighted by atomic mass is 10.2. The average Bonchev–Trinajstić information content (AvgIpc) is 2.88. The molecule has 0 radical (unpaired) electrons. The fourth-order valence-corrected chi connectivity index (χ4v) is 3.33. The van der Waals surface area contributed by atoms with E-state index in [4.69, 9.17) is 21.4 Å². The van der Waals surface area contributed by atoms with Crippen LogP contribution in [0.1, 0.15) is 38.3 Å². The second-order valence-corrected chi connectivity index (χ2v) is 8.51. The molecule has 0 aliphatic carbocycles. The van der Waals surface area contributed by atoms with Crippen LogP contribution in [0.25, 0.3) is 0 Å². The number of benzene rings is 2. The molecule has 1 atom stereocenters. The second-order valence-electron chi connectivity index (χ2n) is 8.10. The molecular formula is C27H38ClN3O4. The van der Waals surface area contributed by atoms with E-state index in [0.29, 0.717) is 41.5 Å². The maximum atomic E-state index is 12.6. The molecular weight excluding hydrogens is 466 g/mol. The Morgan fingerprint density at radius 1 is 1.17 bits per heavy atom. The molecule has 0 aromatic heterocycles. The summed E-state index contributed by atoms with van der Waals surface area (Å²) in [5.41, 5.74) is 2.58. The van der Waals surface area contributed by atoms with E-state index in [1.807, 2.05) is 13.0 Å². The third-order valence-corrected chi connectivity index (χ3v) is 5.71. The number of nitrogens with zero attached hydrogens (tertiary/aromatic N) is 2. The number of nitrogens with one attached hydrogen (secondary N) is 1. The van der Waals surface area contributed by atoms with Crippen molar-refractivity contribution in [2.24, 2.45) is 0 Å². The number of carbonyl (C=O) groups excluding carboxylic acids is 2. The lowest BCUT2D eigenvalue weighted by Gasteiger charge is -2.27. The first kappa shape index (κ1) is 30.0. The number of aliphatic hydroxyl groups excluding tert-OH is 1. The van der Waals surface area contributed by atoms with Gasteiger partial charge in [-0.05, 0) is 51.3 Å². The normalized spacial score (nSPS) is 11.9. The molecule has 35 heavy (non-hydrogen) atoms. The maximum Gasteiger partial charge on any atom is 0.252 e. The van der Waals surface area contributed by atoms with Crippen LogP contribution in [0.15, 0.2) is 59.9 Å². The van der Waals surface area contributed by atoms with Gasteiger partial charge in [0.2, 0.25) is 6.41 Å². The monoisotopic (exact) mass is 503 g/mol. The molecule has 0 spiro atoms. The minimum absolute atomic E-state index is 0.00356. The van der Waals surface area contributed by atoms with E-state index in [2.05, 4.69) is 36.5 Å². The Bertz CT molecular complexity index is 966. The number of aliphatic hydroxyl groups is 1. The zero-order valence-corrected chi connectivity index (χ0v) is 22.3. The van der Waals surface area contributed by atoms with Crippen molar-refractivity contribution in [1.29, 1.82) is 0 Å². The second kappa shape index (κ2) is 15.8. The van der Waals surface area contributed by atoms with Gasteiger partial charge in [-0.1, -0.05) is 54.9 Å². The van der Waals surface area contributed by atoms with Gasteiger partial charge in [0, 0.05) is 37.8 Å². The number of halogens is 1. The molecule has 2 rings (SSSR count). The molecule has 0 saturated heterocycles. The van der Waals surface area contributed by atoms with E-state index in [0.717, 1.165) is 12.0 Å². The van der Waals surface area contributed by atoms with Gasteiger partial charge in [-0.25, -0.2) is 0 Å². The van der Waals surface area contributed by atoms with E-state index < -0.39 is 6.23 Å². The summed E-state index contributed by atoms with van der Waals surface area (Å²) in [7, 11) is 3.20. The van der Waals surface area contributed by atoms with Gasteiger partial charge >= 0.3 is 0 Å². The van der Waals surface area contributed by atoms with Gasteiger partial charge in [-0.15, -0.1) is 0 Å². The van der Waals surface area contributed by atoms with E-state index >= 15 is 0 Å². The van der Waals surface area contributed by atoms with Crippen molar-refractivity contribution in [3.05, 3.63) is 76.1 Å². The summed E-state index contributed by atoms with van der Waals surface area (Å²) in [4.78, 5) is 26.7. The van der Waals surface area contributed by atoms with E-state index in [1.54, 1.807) is 46.1 Å². The standard InChI is InChI=1S/C19H28ClN3O4.C8H10/c1-13-16(20)8-6-9-17(13)27-15(3)21-18(23(5)12-25)14(2)19(26)22(4)10-7-11-24;1-2-8-6-4-3-5-7-8/h6,8-9,12,15,21,24H,7,10-11H2,1-5H3;3-7H,2H2,1H3/b18-14-;. The minimum atomic E-state index is -0.523. The third-order valence-electron chi connectivity index (χ3n) is 5.30. The summed E-state index contributed by atoms with van der Waals surface area (Å²) < 4.78 is 5.88. The highest BCUT2D eigenvalue weighted by Gasteiger charge is 2.20. The van der Waals surface area contributed by atoms with Gasteiger partial charge in [-0.3, -0.25) is 9.59 Å². The van der Waals surface area contributed by atoms with Crippen molar-refractivity contribution in [2.75, 3.05) is 27.2 Å². The van der Waals surface area contributed by atoms with Crippen LogP contribution in [0.4, 0.5) is 0 Å². The Kier molecular flexibility index (Phi) is 13.5. The van der Waals surface area contributed by atoms with Crippen molar-refractivity contribution in [1.82, 2.24) is 15.1 Å². The van der Waals surface area contributed by atoms with Gasteiger partial charge in [-0.2, -0.15) is 0 Å². The zero-order valence-electron chi connectivity index (χ0n) is 21.5. The van der Waals surface area contributed by atoms with Gasteiger partial charge in [0.15, 0.2) is 6.23 Å². The molecule has 0 aliphatic heterocycles. The van der Waals surface area contributed by atoms with Gasteiger partial charge < -0.3 is 25.0 Å². The molecule has 0 heterocycles. The molecule has 7 nitrogen and oxygen atoms in total. The van der Waals surface area contributed by atoms with Gasteiger partial charge in [0.25, 0.3) is 5.91 Å². The smallest absolute Gasteiger partial charge is 0.252 e. The predicted octanol–water partition coefficient (Wildman–Crippen LogP) is 4.37. The van der Waals surface area contributed by atoms with Crippen molar-refractivity contribution < 1.29 is 19.4 Å². The van der Waals surface area contributed by atoms with Crippen LogP contribution >= 0.6 is 11.6 Å². The van der Waals surface area contributed by atoms with Crippen molar-refractivity contribution in [3.63, 3.8) is 0 Å². The molecule has 192 valence electrons. The highest BCUT2D eigenvalue weighted by Crippen LogP contribution is 2.25. The Balaban J connectivity index is 0.000000642. The summed E-state index contributed by atoms with van der Waals surface area (Å²) in [6.45, 7) is 7.84. The number of ether oxygens (including phenoxy) is 1. The lowest BCUT2D eigenvalue weighted by molar-refractivity contribution is -0.126. The molecule has 0 fully saturated rings. The Morgan fingerprint density at radius 2 is 1.83 bits per heavy atom. The molecule has 0 bridgehead atoms. The van der Waals surface area contributed by atoms with Crippen LogP contribution in [0.2, 0.25) is 5.02 Å². The predicted molar refractivity (Wildman–Crippen MR) is 141 cm³/mol. The third kappa shape index (κ3) is 10.0. The van der Waals surface area contributed by atoms with Crippen LogP contribution in [-0.4, -0.2) is 60.7 Å². The fourth-order valence-electron chi connectivity index (χ4n) is 3.17. The zero-order chi connectivity index (χ0) is 26.4. The molecule has 2 aromatic carbocycles. The van der Waals surface area contributed by atoms with Gasteiger partial charge in [0.1, 0.15) is 11.6 Å². The van der Waals surface area contributed by atoms with Crippen molar-refractivity contribution in [2.45, 2.75) is 46.8 Å². The maximum absolute atomic E-state index is 12.6. The number of hydrogen-bond acceptors (Lipinski definition) is 5. The summed E-state index contributed by atoms with van der Waals surface area (Å²) in [5, 5.41) is 12.6. The largest absolute Gasteiger partial charge is 0.471 e. The highest BCUT2D eigenvalue weighted by atomic mass is 35.5.